The molecule has 2 atom stereocenters. The molecule has 0 aliphatic heterocycles. The number of nitrogens with zero attached hydrogens (tertiary/aromatic N) is 2. The van der Waals surface area contributed by atoms with Crippen LogP contribution in [0.1, 0.15) is 25.7 Å². The number of carbonyl (C=O) groups excluding carboxylic acids is 1. The largest absolute Gasteiger partial charge is 0.391 e. The zero-order chi connectivity index (χ0) is 14.8. The SMILES string of the molecule is O=C(Nc1ccnc(Cl)n1)C1CCCC(C(F)(F)F)C1. The summed E-state index contributed by atoms with van der Waals surface area (Å²) in [5.74, 6) is -2.30. The van der Waals surface area contributed by atoms with Crippen molar-refractivity contribution in [2.45, 2.75) is 31.9 Å². The zero-order valence-electron chi connectivity index (χ0n) is 10.5. The van der Waals surface area contributed by atoms with Gasteiger partial charge in [0.15, 0.2) is 0 Å². The van der Waals surface area contributed by atoms with Crippen LogP contribution in [0.5, 0.6) is 0 Å². The summed E-state index contributed by atoms with van der Waals surface area (Å²) in [4.78, 5) is 19.4. The van der Waals surface area contributed by atoms with E-state index >= 15 is 0 Å². The van der Waals surface area contributed by atoms with E-state index in [1.807, 2.05) is 0 Å². The molecule has 0 saturated heterocycles. The van der Waals surface area contributed by atoms with Crippen molar-refractivity contribution in [1.29, 1.82) is 0 Å². The molecule has 8 heteroatoms. The molecule has 1 saturated carbocycles. The number of hydrogen-bond acceptors (Lipinski definition) is 3. The van der Waals surface area contributed by atoms with Crippen molar-refractivity contribution < 1.29 is 18.0 Å². The minimum Gasteiger partial charge on any atom is -0.310 e. The lowest BCUT2D eigenvalue weighted by atomic mass is 9.80. The fraction of sp³-hybridized carbons (Fsp3) is 0.583. The lowest BCUT2D eigenvalue weighted by Gasteiger charge is -2.29. The molecule has 110 valence electrons. The Balaban J connectivity index is 1.99. The zero-order valence-corrected chi connectivity index (χ0v) is 11.2. The Hall–Kier alpha value is -1.37. The number of halogens is 4. The summed E-state index contributed by atoms with van der Waals surface area (Å²) in [6, 6.07) is 1.44. The van der Waals surface area contributed by atoms with Crippen molar-refractivity contribution in [3.8, 4) is 0 Å². The Kier molecular flexibility index (Phi) is 4.47. The molecule has 0 radical (unpaired) electrons. The molecule has 2 unspecified atom stereocenters. The molecule has 20 heavy (non-hydrogen) atoms. The molecule has 0 spiro atoms. The number of amides is 1. The average Bonchev–Trinajstić information content (AvgIpc) is 2.38. The number of aromatic nitrogens is 2. The van der Waals surface area contributed by atoms with Crippen LogP contribution in [0.25, 0.3) is 0 Å². The number of rotatable bonds is 2. The van der Waals surface area contributed by atoms with Crippen molar-refractivity contribution in [3.63, 3.8) is 0 Å². The Morgan fingerprint density at radius 2 is 2.15 bits per heavy atom. The van der Waals surface area contributed by atoms with Crippen molar-refractivity contribution >= 4 is 23.3 Å². The van der Waals surface area contributed by atoms with Gasteiger partial charge in [-0.15, -0.1) is 0 Å². The number of nitrogens with one attached hydrogen (secondary N) is 1. The first-order chi connectivity index (χ1) is 9.36. The predicted octanol–water partition coefficient (Wildman–Crippen LogP) is 3.44. The third-order valence-corrected chi connectivity index (χ3v) is 3.57. The van der Waals surface area contributed by atoms with Crippen LogP contribution >= 0.6 is 11.6 Å². The van der Waals surface area contributed by atoms with Crippen LogP contribution in [0.15, 0.2) is 12.3 Å². The third kappa shape index (κ3) is 3.82. The second-order valence-electron chi connectivity index (χ2n) is 4.80. The van der Waals surface area contributed by atoms with Gasteiger partial charge in [0.05, 0.1) is 5.92 Å². The number of carbonyl (C=O) groups is 1. The van der Waals surface area contributed by atoms with E-state index in [0.29, 0.717) is 12.8 Å². The molecule has 2 rings (SSSR count). The van der Waals surface area contributed by atoms with Crippen LogP contribution in [0.2, 0.25) is 5.28 Å². The van der Waals surface area contributed by atoms with Gasteiger partial charge in [-0.05, 0) is 36.9 Å². The van der Waals surface area contributed by atoms with E-state index in [4.69, 9.17) is 11.6 Å². The summed E-state index contributed by atoms with van der Waals surface area (Å²) >= 11 is 5.57. The fourth-order valence-corrected chi connectivity index (χ4v) is 2.51. The molecule has 0 aromatic carbocycles. The van der Waals surface area contributed by atoms with Gasteiger partial charge in [-0.2, -0.15) is 13.2 Å². The highest BCUT2D eigenvalue weighted by molar-refractivity contribution is 6.28. The van der Waals surface area contributed by atoms with Crippen LogP contribution in [-0.2, 0) is 4.79 Å². The topological polar surface area (TPSA) is 54.9 Å². The molecule has 1 amide bonds. The maximum absolute atomic E-state index is 12.7. The maximum atomic E-state index is 12.7. The van der Waals surface area contributed by atoms with E-state index in [9.17, 15) is 18.0 Å². The molecule has 1 N–H and O–H groups in total. The first-order valence-electron chi connectivity index (χ1n) is 6.22. The van der Waals surface area contributed by atoms with Gasteiger partial charge in [0.2, 0.25) is 11.2 Å². The molecule has 1 heterocycles. The van der Waals surface area contributed by atoms with E-state index in [1.165, 1.54) is 12.3 Å². The lowest BCUT2D eigenvalue weighted by molar-refractivity contribution is -0.185. The molecule has 1 aromatic heterocycles. The summed E-state index contributed by atoms with van der Waals surface area (Å²) in [6.07, 6.45) is -2.10. The standard InChI is InChI=1S/C12H13ClF3N3O/c13-11-17-5-4-9(19-11)18-10(20)7-2-1-3-8(6-7)12(14,15)16/h4-5,7-8H,1-3,6H2,(H,17,18,19,20). The van der Waals surface area contributed by atoms with Crippen molar-refractivity contribution in [1.82, 2.24) is 9.97 Å². The summed E-state index contributed by atoms with van der Waals surface area (Å²) in [5.41, 5.74) is 0. The molecule has 1 aliphatic carbocycles. The predicted molar refractivity (Wildman–Crippen MR) is 67.2 cm³/mol. The van der Waals surface area contributed by atoms with Crippen LogP contribution in [0.3, 0.4) is 0 Å². The van der Waals surface area contributed by atoms with Crippen molar-refractivity contribution in [2.24, 2.45) is 11.8 Å². The minimum absolute atomic E-state index is 0.0281. The summed E-state index contributed by atoms with van der Waals surface area (Å²) in [6.45, 7) is 0. The van der Waals surface area contributed by atoms with E-state index < -0.39 is 23.9 Å². The van der Waals surface area contributed by atoms with Crippen molar-refractivity contribution in [3.05, 3.63) is 17.5 Å². The Morgan fingerprint density at radius 3 is 2.80 bits per heavy atom. The van der Waals surface area contributed by atoms with Gasteiger partial charge >= 0.3 is 6.18 Å². The van der Waals surface area contributed by atoms with E-state index in [-0.39, 0.29) is 23.9 Å². The van der Waals surface area contributed by atoms with Crippen LogP contribution < -0.4 is 5.32 Å². The molecular weight excluding hydrogens is 295 g/mol. The van der Waals surface area contributed by atoms with Gasteiger partial charge in [0, 0.05) is 12.1 Å². The summed E-state index contributed by atoms with van der Waals surface area (Å²) < 4.78 is 38.1. The Labute approximate surface area is 118 Å². The molecule has 4 nitrogen and oxygen atoms in total. The van der Waals surface area contributed by atoms with Crippen molar-refractivity contribution in [2.75, 3.05) is 5.32 Å². The molecule has 0 bridgehead atoms. The van der Waals surface area contributed by atoms with Gasteiger partial charge in [-0.3, -0.25) is 4.79 Å². The van der Waals surface area contributed by atoms with Gasteiger partial charge in [0.25, 0.3) is 0 Å². The molecule has 1 fully saturated rings. The lowest BCUT2D eigenvalue weighted by Crippen LogP contribution is -2.34. The fourth-order valence-electron chi connectivity index (χ4n) is 2.36. The van der Waals surface area contributed by atoms with E-state index in [2.05, 4.69) is 15.3 Å². The highest BCUT2D eigenvalue weighted by atomic mass is 35.5. The van der Waals surface area contributed by atoms with E-state index in [0.717, 1.165) is 0 Å². The first-order valence-corrected chi connectivity index (χ1v) is 6.60. The normalized spacial score (nSPS) is 23.4. The van der Waals surface area contributed by atoms with Gasteiger partial charge in [-0.1, -0.05) is 6.42 Å². The van der Waals surface area contributed by atoms with Crippen LogP contribution in [0.4, 0.5) is 19.0 Å². The number of anilines is 1. The van der Waals surface area contributed by atoms with E-state index in [1.54, 1.807) is 0 Å². The number of alkyl halides is 3. The highest BCUT2D eigenvalue weighted by Crippen LogP contribution is 2.40. The van der Waals surface area contributed by atoms with Gasteiger partial charge in [-0.25, -0.2) is 9.97 Å². The smallest absolute Gasteiger partial charge is 0.310 e. The molecule has 1 aromatic rings. The molecular formula is C12H13ClF3N3O. The number of hydrogen-bond donors (Lipinski definition) is 1. The highest BCUT2D eigenvalue weighted by Gasteiger charge is 2.43. The van der Waals surface area contributed by atoms with Gasteiger partial charge in [0.1, 0.15) is 5.82 Å². The first kappa shape index (κ1) is 15.0. The summed E-state index contributed by atoms with van der Waals surface area (Å²) in [5, 5.41) is 2.45. The second-order valence-corrected chi connectivity index (χ2v) is 5.14. The third-order valence-electron chi connectivity index (χ3n) is 3.39. The van der Waals surface area contributed by atoms with Gasteiger partial charge < -0.3 is 5.32 Å². The summed E-state index contributed by atoms with van der Waals surface area (Å²) in [7, 11) is 0. The Bertz CT molecular complexity index is 495. The maximum Gasteiger partial charge on any atom is 0.391 e. The average molecular weight is 308 g/mol. The van der Waals surface area contributed by atoms with Crippen LogP contribution in [0, 0.1) is 11.8 Å². The minimum atomic E-state index is -4.24. The quantitative estimate of drug-likeness (QED) is 0.852. The Morgan fingerprint density at radius 1 is 1.40 bits per heavy atom. The molecule has 1 aliphatic rings. The second kappa shape index (κ2) is 5.95. The van der Waals surface area contributed by atoms with Crippen LogP contribution in [-0.4, -0.2) is 22.1 Å². The monoisotopic (exact) mass is 307 g/mol.